The van der Waals surface area contributed by atoms with E-state index in [0.29, 0.717) is 25.9 Å². The molecule has 3 aromatic rings. The summed E-state index contributed by atoms with van der Waals surface area (Å²) in [4.78, 5) is 12.2. The minimum atomic E-state index is -0.691. The summed E-state index contributed by atoms with van der Waals surface area (Å²) in [5, 5.41) is 13.1. The van der Waals surface area contributed by atoms with Gasteiger partial charge in [-0.1, -0.05) is 46.7 Å². The molecule has 0 radical (unpaired) electrons. The van der Waals surface area contributed by atoms with Crippen molar-refractivity contribution in [1.29, 1.82) is 0 Å². The molecule has 25 heavy (non-hydrogen) atoms. The third-order valence-electron chi connectivity index (χ3n) is 3.24. The van der Waals surface area contributed by atoms with Crippen molar-refractivity contribution >= 4 is 45.6 Å². The first kappa shape index (κ1) is 17.7. The first-order valence-electron chi connectivity index (χ1n) is 7.34. The van der Waals surface area contributed by atoms with Crippen LogP contribution in [0.2, 0.25) is 10.0 Å². The summed E-state index contributed by atoms with van der Waals surface area (Å²) >= 11 is 13.0. The first-order chi connectivity index (χ1) is 12.0. The van der Waals surface area contributed by atoms with Gasteiger partial charge in [-0.15, -0.1) is 10.2 Å². The molecule has 0 bridgehead atoms. The van der Waals surface area contributed by atoms with Crippen LogP contribution < -0.4 is 10.1 Å². The van der Waals surface area contributed by atoms with Gasteiger partial charge in [0.15, 0.2) is 6.10 Å². The SMILES string of the molecule is C[C@@H](Oc1ccc(Cl)cc1)C(=O)Nc1nnc(-c2ccc(Cl)cc2)s1. The topological polar surface area (TPSA) is 64.1 Å². The fraction of sp³-hybridized carbons (Fsp3) is 0.118. The number of hydrogen-bond donors (Lipinski definition) is 1. The van der Waals surface area contributed by atoms with Gasteiger partial charge in [-0.2, -0.15) is 0 Å². The minimum absolute atomic E-state index is 0.311. The number of rotatable bonds is 5. The number of halogens is 2. The minimum Gasteiger partial charge on any atom is -0.481 e. The number of hydrogen-bond acceptors (Lipinski definition) is 5. The van der Waals surface area contributed by atoms with Gasteiger partial charge in [0.1, 0.15) is 10.8 Å². The fourth-order valence-electron chi connectivity index (χ4n) is 1.96. The van der Waals surface area contributed by atoms with Crippen molar-refractivity contribution < 1.29 is 9.53 Å². The summed E-state index contributed by atoms with van der Waals surface area (Å²) in [6.07, 6.45) is -0.691. The standard InChI is InChI=1S/C17H13Cl2N3O2S/c1-10(24-14-8-6-13(19)7-9-14)15(23)20-17-22-21-16(25-17)11-2-4-12(18)5-3-11/h2-10H,1H3,(H,20,22,23)/t10-/m1/s1. The largest absolute Gasteiger partial charge is 0.481 e. The second-order valence-electron chi connectivity index (χ2n) is 5.12. The van der Waals surface area contributed by atoms with Gasteiger partial charge in [-0.05, 0) is 43.3 Å². The van der Waals surface area contributed by atoms with Gasteiger partial charge in [-0.25, -0.2) is 0 Å². The number of carbonyl (C=O) groups is 1. The van der Waals surface area contributed by atoms with Crippen LogP contribution in [-0.4, -0.2) is 22.2 Å². The summed E-state index contributed by atoms with van der Waals surface area (Å²) in [7, 11) is 0. The highest BCUT2D eigenvalue weighted by Gasteiger charge is 2.17. The summed E-state index contributed by atoms with van der Waals surface area (Å²) in [6.45, 7) is 1.66. The van der Waals surface area contributed by atoms with Gasteiger partial charge in [0.05, 0.1) is 0 Å². The molecule has 0 saturated carbocycles. The number of anilines is 1. The summed E-state index contributed by atoms with van der Waals surface area (Å²) < 4.78 is 5.58. The summed E-state index contributed by atoms with van der Waals surface area (Å²) in [6, 6.07) is 14.1. The molecule has 1 amide bonds. The third kappa shape index (κ3) is 4.69. The number of benzene rings is 2. The Morgan fingerprint density at radius 3 is 2.28 bits per heavy atom. The molecule has 3 rings (SSSR count). The van der Waals surface area contributed by atoms with E-state index in [4.69, 9.17) is 27.9 Å². The van der Waals surface area contributed by atoms with Crippen molar-refractivity contribution in [2.75, 3.05) is 5.32 Å². The Bertz CT molecular complexity index is 866. The van der Waals surface area contributed by atoms with E-state index in [1.807, 2.05) is 12.1 Å². The van der Waals surface area contributed by atoms with Crippen molar-refractivity contribution in [3.8, 4) is 16.3 Å². The number of aromatic nitrogens is 2. The van der Waals surface area contributed by atoms with Crippen molar-refractivity contribution in [3.63, 3.8) is 0 Å². The van der Waals surface area contributed by atoms with Crippen molar-refractivity contribution in [2.24, 2.45) is 0 Å². The molecule has 1 atom stereocenters. The summed E-state index contributed by atoms with van der Waals surface area (Å²) in [5.41, 5.74) is 0.882. The summed E-state index contributed by atoms with van der Waals surface area (Å²) in [5.74, 6) is 0.250. The maximum atomic E-state index is 12.2. The number of nitrogens with one attached hydrogen (secondary N) is 1. The van der Waals surface area contributed by atoms with E-state index in [1.54, 1.807) is 43.3 Å². The average Bonchev–Trinajstić information content (AvgIpc) is 3.06. The van der Waals surface area contributed by atoms with E-state index >= 15 is 0 Å². The average molecular weight is 394 g/mol. The molecule has 8 heteroatoms. The van der Waals surface area contributed by atoms with Crippen molar-refractivity contribution in [1.82, 2.24) is 10.2 Å². The van der Waals surface area contributed by atoms with Gasteiger partial charge < -0.3 is 4.74 Å². The van der Waals surface area contributed by atoms with Crippen LogP contribution in [0.25, 0.3) is 10.6 Å². The predicted octanol–water partition coefficient (Wildman–Crippen LogP) is 4.92. The zero-order valence-electron chi connectivity index (χ0n) is 13.1. The van der Waals surface area contributed by atoms with Crippen LogP contribution in [-0.2, 0) is 4.79 Å². The molecule has 1 heterocycles. The molecule has 2 aromatic carbocycles. The molecule has 1 N–H and O–H groups in total. The van der Waals surface area contributed by atoms with E-state index in [0.717, 1.165) is 5.56 Å². The van der Waals surface area contributed by atoms with Crippen LogP contribution >= 0.6 is 34.5 Å². The van der Waals surface area contributed by atoms with E-state index in [9.17, 15) is 4.79 Å². The molecule has 0 unspecified atom stereocenters. The van der Waals surface area contributed by atoms with Crippen LogP contribution in [0.5, 0.6) is 5.75 Å². The van der Waals surface area contributed by atoms with Crippen LogP contribution in [0.1, 0.15) is 6.92 Å². The molecule has 1 aromatic heterocycles. The Balaban J connectivity index is 1.62. The highest BCUT2D eigenvalue weighted by molar-refractivity contribution is 7.18. The monoisotopic (exact) mass is 393 g/mol. The molecule has 5 nitrogen and oxygen atoms in total. The number of nitrogens with zero attached hydrogens (tertiary/aromatic N) is 2. The fourth-order valence-corrected chi connectivity index (χ4v) is 2.96. The van der Waals surface area contributed by atoms with Gasteiger partial charge in [-0.3, -0.25) is 10.1 Å². The van der Waals surface area contributed by atoms with E-state index in [1.165, 1.54) is 11.3 Å². The number of amides is 1. The third-order valence-corrected chi connectivity index (χ3v) is 4.63. The molecule has 0 spiro atoms. The zero-order chi connectivity index (χ0) is 17.8. The Morgan fingerprint density at radius 2 is 1.64 bits per heavy atom. The molecule has 0 aliphatic heterocycles. The molecule has 0 saturated heterocycles. The quantitative estimate of drug-likeness (QED) is 0.667. The first-order valence-corrected chi connectivity index (χ1v) is 8.91. The smallest absolute Gasteiger partial charge is 0.266 e. The van der Waals surface area contributed by atoms with Gasteiger partial charge in [0, 0.05) is 15.6 Å². The molecular weight excluding hydrogens is 381 g/mol. The lowest BCUT2D eigenvalue weighted by Gasteiger charge is -2.13. The molecule has 0 aliphatic carbocycles. The second-order valence-corrected chi connectivity index (χ2v) is 6.97. The Kier molecular flexibility index (Phi) is 5.53. The normalized spacial score (nSPS) is 11.8. The van der Waals surface area contributed by atoms with E-state index in [2.05, 4.69) is 15.5 Å². The van der Waals surface area contributed by atoms with Crippen molar-refractivity contribution in [3.05, 3.63) is 58.6 Å². The highest BCUT2D eigenvalue weighted by Crippen LogP contribution is 2.27. The lowest BCUT2D eigenvalue weighted by Crippen LogP contribution is -2.30. The second kappa shape index (κ2) is 7.82. The zero-order valence-corrected chi connectivity index (χ0v) is 15.4. The Labute approximate surface area is 158 Å². The Morgan fingerprint density at radius 1 is 1.04 bits per heavy atom. The van der Waals surface area contributed by atoms with Crippen LogP contribution in [0.3, 0.4) is 0 Å². The molecular formula is C17H13Cl2N3O2S. The van der Waals surface area contributed by atoms with E-state index < -0.39 is 6.10 Å². The lowest BCUT2D eigenvalue weighted by atomic mass is 10.2. The predicted molar refractivity (Wildman–Crippen MR) is 101 cm³/mol. The Hall–Kier alpha value is -2.15. The van der Waals surface area contributed by atoms with Crippen molar-refractivity contribution in [2.45, 2.75) is 13.0 Å². The van der Waals surface area contributed by atoms with Gasteiger partial charge >= 0.3 is 0 Å². The van der Waals surface area contributed by atoms with Crippen LogP contribution in [0, 0.1) is 0 Å². The number of carbonyl (C=O) groups excluding carboxylic acids is 1. The maximum Gasteiger partial charge on any atom is 0.266 e. The van der Waals surface area contributed by atoms with Crippen LogP contribution in [0.4, 0.5) is 5.13 Å². The molecule has 0 aliphatic rings. The highest BCUT2D eigenvalue weighted by atomic mass is 35.5. The molecule has 0 fully saturated rings. The lowest BCUT2D eigenvalue weighted by molar-refractivity contribution is -0.122. The van der Waals surface area contributed by atoms with Gasteiger partial charge in [0.2, 0.25) is 5.13 Å². The number of ether oxygens (including phenoxy) is 1. The van der Waals surface area contributed by atoms with Crippen LogP contribution in [0.15, 0.2) is 48.5 Å². The van der Waals surface area contributed by atoms with Gasteiger partial charge in [0.25, 0.3) is 5.91 Å². The molecule has 128 valence electrons. The van der Waals surface area contributed by atoms with E-state index in [-0.39, 0.29) is 5.91 Å². The maximum absolute atomic E-state index is 12.2.